The van der Waals surface area contributed by atoms with Crippen LogP contribution in [0.3, 0.4) is 0 Å². The second-order valence-corrected chi connectivity index (χ2v) is 13.2. The Kier molecular flexibility index (Phi) is 5.42. The van der Waals surface area contributed by atoms with Gasteiger partial charge in [0.1, 0.15) is 6.04 Å². The first-order valence-corrected chi connectivity index (χ1v) is 14.1. The average molecular weight is 528 g/mol. The summed E-state index contributed by atoms with van der Waals surface area (Å²) < 4.78 is 0. The predicted octanol–water partition coefficient (Wildman–Crippen LogP) is 3.08. The molecule has 2 saturated carbocycles. The SMILES string of the molecule is CC(C)[C@H](C(=O)O)N1C(=O)[C@@H]2[C@H]3C[C@@H]([C@@H]2C1=O)[C@@H]1[C@H](c2ccc(N(C)C)cc2)c2sc(=O)[nH]c2S[C@@H]31. The molecule has 2 aliphatic heterocycles. The summed E-state index contributed by atoms with van der Waals surface area (Å²) in [4.78, 5) is 58.8. The number of carboxylic acid groups (broad SMARTS) is 1. The largest absolute Gasteiger partial charge is 0.480 e. The highest BCUT2D eigenvalue weighted by Gasteiger charge is 2.70. The highest BCUT2D eigenvalue weighted by molar-refractivity contribution is 8.00. The average Bonchev–Trinajstić information content (AvgIpc) is 3.54. The van der Waals surface area contributed by atoms with Gasteiger partial charge in [-0.15, -0.1) is 11.8 Å². The molecule has 2 aliphatic carbocycles. The normalized spacial score (nSPS) is 33.0. The summed E-state index contributed by atoms with van der Waals surface area (Å²) >= 11 is 2.88. The van der Waals surface area contributed by atoms with Crippen molar-refractivity contribution in [3.63, 3.8) is 0 Å². The van der Waals surface area contributed by atoms with Gasteiger partial charge >= 0.3 is 10.8 Å². The molecule has 4 aliphatic rings. The predicted molar refractivity (Wildman–Crippen MR) is 137 cm³/mol. The lowest BCUT2D eigenvalue weighted by Gasteiger charge is -2.43. The van der Waals surface area contributed by atoms with E-state index in [1.807, 2.05) is 19.0 Å². The van der Waals surface area contributed by atoms with E-state index in [9.17, 15) is 24.3 Å². The molecule has 190 valence electrons. The first-order valence-electron chi connectivity index (χ1n) is 12.4. The number of likely N-dealkylation sites (tertiary alicyclic amines) is 1. The van der Waals surface area contributed by atoms with E-state index in [1.165, 1.54) is 11.3 Å². The van der Waals surface area contributed by atoms with Gasteiger partial charge in [0.05, 0.1) is 16.9 Å². The Bertz CT molecular complexity index is 1320. The number of carbonyl (C=O) groups excluding carboxylic acids is 2. The number of rotatable bonds is 5. The minimum Gasteiger partial charge on any atom is -0.480 e. The molecule has 1 aromatic carbocycles. The van der Waals surface area contributed by atoms with Gasteiger partial charge < -0.3 is 15.0 Å². The molecule has 0 spiro atoms. The van der Waals surface area contributed by atoms with Crippen molar-refractivity contribution in [2.45, 2.75) is 42.5 Å². The van der Waals surface area contributed by atoms with E-state index in [1.54, 1.807) is 25.6 Å². The Morgan fingerprint density at radius 3 is 2.31 bits per heavy atom. The number of imide groups is 1. The lowest BCUT2D eigenvalue weighted by Crippen LogP contribution is -2.49. The number of carbonyl (C=O) groups is 3. The maximum atomic E-state index is 13.7. The van der Waals surface area contributed by atoms with E-state index in [0.29, 0.717) is 0 Å². The van der Waals surface area contributed by atoms with Gasteiger partial charge in [-0.2, -0.15) is 0 Å². The summed E-state index contributed by atoms with van der Waals surface area (Å²) in [7, 11) is 3.98. The first kappa shape index (κ1) is 23.8. The van der Waals surface area contributed by atoms with Gasteiger partial charge in [0.15, 0.2) is 0 Å². The quantitative estimate of drug-likeness (QED) is 0.575. The molecule has 3 heterocycles. The summed E-state index contributed by atoms with van der Waals surface area (Å²) in [6.07, 6.45) is 0.786. The second kappa shape index (κ2) is 8.21. The fourth-order valence-corrected chi connectivity index (χ4v) is 10.2. The summed E-state index contributed by atoms with van der Waals surface area (Å²) in [6.45, 7) is 3.47. The van der Waals surface area contributed by atoms with Crippen LogP contribution in [0.15, 0.2) is 34.1 Å². The van der Waals surface area contributed by atoms with Crippen LogP contribution >= 0.6 is 23.1 Å². The van der Waals surface area contributed by atoms with E-state index in [4.69, 9.17) is 0 Å². The van der Waals surface area contributed by atoms with Crippen molar-refractivity contribution >= 4 is 46.6 Å². The van der Waals surface area contributed by atoms with Gasteiger partial charge in [-0.1, -0.05) is 37.3 Å². The number of thiazole rings is 1. The first-order chi connectivity index (χ1) is 17.1. The number of thioether (sulfide) groups is 1. The van der Waals surface area contributed by atoms with Gasteiger partial charge in [0.2, 0.25) is 11.8 Å². The Morgan fingerprint density at radius 1 is 1.08 bits per heavy atom. The number of amides is 2. The Labute approximate surface area is 217 Å². The molecular weight excluding hydrogens is 498 g/mol. The van der Waals surface area contributed by atoms with Crippen LogP contribution < -0.4 is 9.77 Å². The Balaban J connectivity index is 1.42. The molecule has 1 aromatic heterocycles. The van der Waals surface area contributed by atoms with Crippen LogP contribution in [-0.4, -0.2) is 58.2 Å². The number of benzene rings is 1. The highest BCUT2D eigenvalue weighted by atomic mass is 32.2. The van der Waals surface area contributed by atoms with E-state index in [-0.39, 0.29) is 51.5 Å². The van der Waals surface area contributed by atoms with Crippen LogP contribution in [0.4, 0.5) is 5.69 Å². The summed E-state index contributed by atoms with van der Waals surface area (Å²) in [6, 6.07) is 7.22. The molecule has 2 aromatic rings. The summed E-state index contributed by atoms with van der Waals surface area (Å²) in [5, 5.41) is 10.8. The zero-order valence-electron chi connectivity index (χ0n) is 20.5. The molecule has 2 amide bonds. The molecule has 1 saturated heterocycles. The molecule has 10 heteroatoms. The zero-order chi connectivity index (χ0) is 25.6. The number of nitrogens with one attached hydrogen (secondary N) is 1. The molecule has 3 fully saturated rings. The van der Waals surface area contributed by atoms with Crippen molar-refractivity contribution in [1.29, 1.82) is 0 Å². The number of H-pyrrole nitrogens is 1. The van der Waals surface area contributed by atoms with Crippen LogP contribution in [0.25, 0.3) is 0 Å². The van der Waals surface area contributed by atoms with E-state index in [0.717, 1.165) is 32.5 Å². The molecule has 0 unspecified atom stereocenters. The molecule has 8 nitrogen and oxygen atoms in total. The fourth-order valence-electron chi connectivity index (χ4n) is 7.36. The maximum absolute atomic E-state index is 13.7. The van der Waals surface area contributed by atoms with Gasteiger partial charge in [0.25, 0.3) is 0 Å². The number of nitrogens with zero attached hydrogens (tertiary/aromatic N) is 2. The molecule has 36 heavy (non-hydrogen) atoms. The van der Waals surface area contributed by atoms with Crippen molar-refractivity contribution < 1.29 is 19.5 Å². The highest BCUT2D eigenvalue weighted by Crippen LogP contribution is 2.68. The van der Waals surface area contributed by atoms with Crippen LogP contribution in [-0.2, 0) is 14.4 Å². The molecular formula is C26H29N3O5S2. The molecule has 0 radical (unpaired) electrons. The Morgan fingerprint density at radius 2 is 1.72 bits per heavy atom. The monoisotopic (exact) mass is 527 g/mol. The van der Waals surface area contributed by atoms with Crippen molar-refractivity contribution in [3.8, 4) is 0 Å². The van der Waals surface area contributed by atoms with Gasteiger partial charge in [-0.3, -0.25) is 19.3 Å². The van der Waals surface area contributed by atoms with Crippen LogP contribution in [0.5, 0.6) is 0 Å². The molecule has 8 atom stereocenters. The van der Waals surface area contributed by atoms with E-state index in [2.05, 4.69) is 29.2 Å². The zero-order valence-corrected chi connectivity index (χ0v) is 22.1. The van der Waals surface area contributed by atoms with Crippen LogP contribution in [0, 0.1) is 35.5 Å². The molecule has 2 N–H and O–H groups in total. The third-order valence-corrected chi connectivity index (χ3v) is 11.3. The van der Waals surface area contributed by atoms with Crippen LogP contribution in [0.1, 0.15) is 36.6 Å². The van der Waals surface area contributed by atoms with Crippen molar-refractivity contribution in [1.82, 2.24) is 9.88 Å². The minimum absolute atomic E-state index is 0.0156. The van der Waals surface area contributed by atoms with E-state index >= 15 is 0 Å². The maximum Gasteiger partial charge on any atom is 0.327 e. The third kappa shape index (κ3) is 3.19. The second-order valence-electron chi connectivity index (χ2n) is 11.0. The lowest BCUT2D eigenvalue weighted by molar-refractivity contribution is -0.157. The van der Waals surface area contributed by atoms with E-state index < -0.39 is 23.8 Å². The minimum atomic E-state index is -1.14. The van der Waals surface area contributed by atoms with Crippen molar-refractivity contribution in [2.24, 2.45) is 35.5 Å². The molecule has 2 bridgehead atoms. The van der Waals surface area contributed by atoms with Gasteiger partial charge in [-0.05, 0) is 47.8 Å². The fraction of sp³-hybridized carbons (Fsp3) is 0.538. The number of hydrogen-bond acceptors (Lipinski definition) is 7. The number of hydrogen-bond donors (Lipinski definition) is 2. The Hall–Kier alpha value is -2.59. The third-order valence-electron chi connectivity index (χ3n) is 8.69. The molecule has 6 rings (SSSR count). The smallest absolute Gasteiger partial charge is 0.327 e. The number of aliphatic carboxylic acids is 1. The topological polar surface area (TPSA) is 111 Å². The number of anilines is 1. The number of fused-ring (bicyclic) bond motifs is 9. The number of aromatic amines is 1. The summed E-state index contributed by atoms with van der Waals surface area (Å²) in [5.74, 6) is -3.09. The van der Waals surface area contributed by atoms with Gasteiger partial charge in [0, 0.05) is 35.8 Å². The lowest BCUT2D eigenvalue weighted by atomic mass is 9.68. The van der Waals surface area contributed by atoms with Crippen molar-refractivity contribution in [2.75, 3.05) is 19.0 Å². The summed E-state index contributed by atoms with van der Waals surface area (Å²) in [5.41, 5.74) is 2.19. The van der Waals surface area contributed by atoms with Crippen molar-refractivity contribution in [3.05, 3.63) is 44.4 Å². The van der Waals surface area contributed by atoms with Gasteiger partial charge in [-0.25, -0.2) is 4.79 Å². The number of carboxylic acids is 1. The standard InChI is InChI=1S/C26H29N3O5S2/c1-10(2)19(25(32)33)29-23(30)17-13-9-14(18(17)24(29)31)20-16(13)15(21-22(35-20)27-26(34)36-21)11-5-7-12(8-6-11)28(3)4/h5-8,10,13-20H,9H2,1-4H3,(H,27,34)(H,32,33)/t13-,14-,15+,16-,17+,18-,19-,20+/m1/s1. The number of aromatic nitrogens is 1. The van der Waals surface area contributed by atoms with Crippen LogP contribution in [0.2, 0.25) is 0 Å².